The maximum Gasteiger partial charge on any atom is 0.0656 e. The van der Waals surface area contributed by atoms with Crippen molar-refractivity contribution in [3.8, 4) is 11.1 Å². The van der Waals surface area contributed by atoms with Crippen LogP contribution in [0.4, 0.5) is 22.7 Å². The lowest BCUT2D eigenvalue weighted by Gasteiger charge is -2.28. The summed E-state index contributed by atoms with van der Waals surface area (Å²) in [5.74, 6) is 0. The smallest absolute Gasteiger partial charge is 0.0656 e. The topological polar surface area (TPSA) is 15.3 Å². The lowest BCUT2D eigenvalue weighted by atomic mass is 9.82. The molecule has 4 aromatic rings. The zero-order chi connectivity index (χ0) is 27.0. The fraction of sp³-hybridized carbons (Fsp3) is 0.314. The van der Waals surface area contributed by atoms with Gasteiger partial charge < -0.3 is 10.2 Å². The molecule has 5 rings (SSSR count). The van der Waals surface area contributed by atoms with Crippen LogP contribution in [-0.4, -0.2) is 6.54 Å². The van der Waals surface area contributed by atoms with Crippen molar-refractivity contribution in [1.29, 1.82) is 0 Å². The van der Waals surface area contributed by atoms with E-state index in [1.165, 1.54) is 39.2 Å². The number of hydrogen-bond donors (Lipinski definition) is 1. The van der Waals surface area contributed by atoms with Crippen molar-refractivity contribution < 1.29 is 0 Å². The van der Waals surface area contributed by atoms with Gasteiger partial charge in [0, 0.05) is 23.3 Å². The highest BCUT2D eigenvalue weighted by Crippen LogP contribution is 2.49. The quantitative estimate of drug-likeness (QED) is 0.298. The second-order valence-corrected chi connectivity index (χ2v) is 9.50. The maximum atomic E-state index is 3.75. The summed E-state index contributed by atoms with van der Waals surface area (Å²) in [7, 11) is 0. The van der Waals surface area contributed by atoms with Gasteiger partial charge in [0.25, 0.3) is 0 Å². The highest BCUT2D eigenvalue weighted by molar-refractivity contribution is 5.87. The molecule has 0 radical (unpaired) electrons. The minimum Gasteiger partial charge on any atom is -0.354 e. The summed E-state index contributed by atoms with van der Waals surface area (Å²) < 4.78 is 0. The molecule has 0 saturated heterocycles. The Labute approximate surface area is 225 Å². The molecule has 0 bridgehead atoms. The third-order valence-corrected chi connectivity index (χ3v) is 7.29. The van der Waals surface area contributed by atoms with Gasteiger partial charge in [-0.25, -0.2) is 0 Å². The van der Waals surface area contributed by atoms with Crippen molar-refractivity contribution in [3.63, 3.8) is 0 Å². The standard InChI is InChI=1S/C31H32N2.2C2H6/c1-5-31(4)21-33(29-17-11-9-15-26(29)31)30-20-24(25-14-8-6-12-22(25)2)18-19-28(30)32-27-16-10-7-13-23(27)3;2*1-2/h6-20,32H,5,21H2,1-4H3;2*1-2H3. The monoisotopic (exact) mass is 492 g/mol. The molecule has 1 aliphatic rings. The van der Waals surface area contributed by atoms with Crippen molar-refractivity contribution in [2.75, 3.05) is 16.8 Å². The van der Waals surface area contributed by atoms with E-state index in [4.69, 9.17) is 0 Å². The third-order valence-electron chi connectivity index (χ3n) is 7.29. The van der Waals surface area contributed by atoms with E-state index in [2.05, 4.69) is 129 Å². The average molecular weight is 493 g/mol. The van der Waals surface area contributed by atoms with Crippen LogP contribution in [0.1, 0.15) is 64.7 Å². The van der Waals surface area contributed by atoms with Gasteiger partial charge in [-0.05, 0) is 72.4 Å². The number of benzene rings is 4. The van der Waals surface area contributed by atoms with E-state index < -0.39 is 0 Å². The number of anilines is 4. The first-order valence-electron chi connectivity index (χ1n) is 13.9. The molecule has 2 heteroatoms. The minimum absolute atomic E-state index is 0.134. The van der Waals surface area contributed by atoms with E-state index in [-0.39, 0.29) is 5.41 Å². The van der Waals surface area contributed by atoms with Crippen molar-refractivity contribution in [2.45, 2.75) is 67.2 Å². The molecule has 0 aliphatic carbocycles. The summed E-state index contributed by atoms with van der Waals surface area (Å²) >= 11 is 0. The molecule has 1 unspecified atom stereocenters. The normalized spacial score (nSPS) is 15.6. The van der Waals surface area contributed by atoms with Crippen LogP contribution in [0.15, 0.2) is 91.0 Å². The molecule has 2 nitrogen and oxygen atoms in total. The first-order chi connectivity index (χ1) is 18.0. The summed E-state index contributed by atoms with van der Waals surface area (Å²) in [5, 5.41) is 3.75. The van der Waals surface area contributed by atoms with Crippen LogP contribution in [0.2, 0.25) is 0 Å². The summed E-state index contributed by atoms with van der Waals surface area (Å²) in [5.41, 5.74) is 11.5. The summed E-state index contributed by atoms with van der Waals surface area (Å²) in [6, 6.07) is 32.9. The van der Waals surface area contributed by atoms with Gasteiger partial charge in [0.15, 0.2) is 0 Å². The molecule has 1 N–H and O–H groups in total. The number of rotatable bonds is 5. The molecule has 0 fully saturated rings. The number of nitrogens with one attached hydrogen (secondary N) is 1. The lowest BCUT2D eigenvalue weighted by Crippen LogP contribution is -2.28. The van der Waals surface area contributed by atoms with Gasteiger partial charge in [-0.3, -0.25) is 0 Å². The summed E-state index contributed by atoms with van der Waals surface area (Å²) in [4.78, 5) is 2.52. The zero-order valence-electron chi connectivity index (χ0n) is 24.0. The van der Waals surface area contributed by atoms with Crippen LogP contribution in [0.25, 0.3) is 11.1 Å². The lowest BCUT2D eigenvalue weighted by molar-refractivity contribution is 0.492. The molecule has 0 aromatic heterocycles. The average Bonchev–Trinajstić information content (AvgIpc) is 3.26. The summed E-state index contributed by atoms with van der Waals surface area (Å²) in [6.45, 7) is 18.0. The van der Waals surface area contributed by atoms with E-state index in [9.17, 15) is 0 Å². The Morgan fingerprint density at radius 1 is 0.703 bits per heavy atom. The Bertz CT molecular complexity index is 1310. The predicted octanol–water partition coefficient (Wildman–Crippen LogP) is 10.6. The number of fused-ring (bicyclic) bond motifs is 1. The van der Waals surface area contributed by atoms with Crippen LogP contribution in [-0.2, 0) is 5.41 Å². The zero-order valence-corrected chi connectivity index (χ0v) is 24.0. The minimum atomic E-state index is 0.134. The maximum absolute atomic E-state index is 3.75. The molecule has 194 valence electrons. The van der Waals surface area contributed by atoms with E-state index in [1.54, 1.807) is 0 Å². The van der Waals surface area contributed by atoms with E-state index in [1.807, 2.05) is 27.7 Å². The van der Waals surface area contributed by atoms with E-state index >= 15 is 0 Å². The van der Waals surface area contributed by atoms with Crippen LogP contribution in [0.3, 0.4) is 0 Å². The molecular weight excluding hydrogens is 448 g/mol. The molecular formula is C35H44N2. The molecule has 0 saturated carbocycles. The second-order valence-electron chi connectivity index (χ2n) is 9.50. The van der Waals surface area contributed by atoms with E-state index in [0.717, 1.165) is 24.3 Å². The first kappa shape index (κ1) is 28.1. The number of nitrogens with zero attached hydrogens (tertiary/aromatic N) is 1. The molecule has 4 aromatic carbocycles. The van der Waals surface area contributed by atoms with Gasteiger partial charge in [0.2, 0.25) is 0 Å². The number of aryl methyl sites for hydroxylation is 2. The van der Waals surface area contributed by atoms with E-state index in [0.29, 0.717) is 0 Å². The van der Waals surface area contributed by atoms with Gasteiger partial charge in [0.1, 0.15) is 0 Å². The Kier molecular flexibility index (Phi) is 9.58. The molecule has 37 heavy (non-hydrogen) atoms. The first-order valence-corrected chi connectivity index (χ1v) is 13.9. The van der Waals surface area contributed by atoms with Gasteiger partial charge in [0.05, 0.1) is 11.4 Å². The largest absolute Gasteiger partial charge is 0.354 e. The van der Waals surface area contributed by atoms with Crippen LogP contribution in [0.5, 0.6) is 0 Å². The Balaban J connectivity index is 0.000000907. The van der Waals surface area contributed by atoms with Crippen LogP contribution in [0, 0.1) is 13.8 Å². The predicted molar refractivity (Wildman–Crippen MR) is 165 cm³/mol. The number of hydrogen-bond acceptors (Lipinski definition) is 2. The van der Waals surface area contributed by atoms with Gasteiger partial charge in [-0.1, -0.05) is 108 Å². The SMILES string of the molecule is CC.CC.CCC1(C)CN(c2cc(-c3ccccc3C)ccc2Nc2ccccc2C)c2ccccc21. The number of para-hydroxylation sites is 2. The van der Waals surface area contributed by atoms with Gasteiger partial charge in [-0.15, -0.1) is 0 Å². The van der Waals surface area contributed by atoms with Gasteiger partial charge in [-0.2, -0.15) is 0 Å². The fourth-order valence-corrected chi connectivity index (χ4v) is 5.04. The van der Waals surface area contributed by atoms with Crippen LogP contribution >= 0.6 is 0 Å². The molecule has 0 amide bonds. The Morgan fingerprint density at radius 2 is 1.32 bits per heavy atom. The molecule has 1 heterocycles. The summed E-state index contributed by atoms with van der Waals surface area (Å²) in [6.07, 6.45) is 1.11. The molecule has 1 atom stereocenters. The highest BCUT2D eigenvalue weighted by atomic mass is 15.2. The van der Waals surface area contributed by atoms with Crippen molar-refractivity contribution in [2.24, 2.45) is 0 Å². The van der Waals surface area contributed by atoms with Crippen molar-refractivity contribution in [1.82, 2.24) is 0 Å². The Morgan fingerprint density at radius 3 is 2.00 bits per heavy atom. The van der Waals surface area contributed by atoms with Crippen molar-refractivity contribution in [3.05, 3.63) is 108 Å². The second kappa shape index (κ2) is 12.6. The molecule has 1 aliphatic heterocycles. The molecule has 0 spiro atoms. The van der Waals surface area contributed by atoms with Crippen LogP contribution < -0.4 is 10.2 Å². The Hall–Kier alpha value is -3.52. The fourth-order valence-electron chi connectivity index (χ4n) is 5.04. The third kappa shape index (κ3) is 5.74. The highest BCUT2D eigenvalue weighted by Gasteiger charge is 2.38. The van der Waals surface area contributed by atoms with Gasteiger partial charge >= 0.3 is 0 Å². The van der Waals surface area contributed by atoms with Crippen molar-refractivity contribution >= 4 is 22.7 Å².